The molecule has 1 heterocycles. The predicted octanol–water partition coefficient (Wildman–Crippen LogP) is 1.11. The first-order chi connectivity index (χ1) is 9.08. The van der Waals surface area contributed by atoms with Crippen LogP contribution in [0.25, 0.3) is 0 Å². The van der Waals surface area contributed by atoms with Gasteiger partial charge in [-0.05, 0) is 18.2 Å². The lowest BCUT2D eigenvalue weighted by molar-refractivity contribution is 0.0950. The second kappa shape index (κ2) is 5.88. The van der Waals surface area contributed by atoms with Crippen molar-refractivity contribution in [2.45, 2.75) is 6.92 Å². The van der Waals surface area contributed by atoms with E-state index in [2.05, 4.69) is 5.32 Å². The highest BCUT2D eigenvalue weighted by molar-refractivity contribution is 7.80. The van der Waals surface area contributed by atoms with Crippen molar-refractivity contribution in [3.8, 4) is 11.5 Å². The summed E-state index contributed by atoms with van der Waals surface area (Å²) in [6.07, 6.45) is 0. The van der Waals surface area contributed by atoms with Crippen LogP contribution in [-0.4, -0.2) is 30.7 Å². The number of nitrogens with one attached hydrogen (secondary N) is 1. The van der Waals surface area contributed by atoms with Gasteiger partial charge in [0.05, 0.1) is 4.99 Å². The van der Waals surface area contributed by atoms with E-state index < -0.39 is 0 Å². The summed E-state index contributed by atoms with van der Waals surface area (Å²) in [6.45, 7) is 3.32. The van der Waals surface area contributed by atoms with Gasteiger partial charge in [-0.25, -0.2) is 0 Å². The van der Waals surface area contributed by atoms with Gasteiger partial charge in [-0.2, -0.15) is 0 Å². The Labute approximate surface area is 117 Å². The average Bonchev–Trinajstić information content (AvgIpc) is 2.43. The van der Waals surface area contributed by atoms with Crippen molar-refractivity contribution >= 4 is 23.1 Å². The lowest BCUT2D eigenvalue weighted by Crippen LogP contribution is -2.33. The molecule has 1 aromatic carbocycles. The van der Waals surface area contributed by atoms with Gasteiger partial charge in [0.2, 0.25) is 0 Å². The summed E-state index contributed by atoms with van der Waals surface area (Å²) < 4.78 is 10.8. The smallest absolute Gasteiger partial charge is 0.251 e. The molecule has 1 aromatic rings. The van der Waals surface area contributed by atoms with E-state index in [4.69, 9.17) is 27.4 Å². The van der Waals surface area contributed by atoms with E-state index in [9.17, 15) is 4.79 Å². The SMILES string of the molecule is CC(CNC(=O)c1ccc2c(c1)OCCO2)C(N)=S. The standard InChI is InChI=1S/C13H16N2O3S/c1-8(12(14)19)7-15-13(16)9-2-3-10-11(6-9)18-5-4-17-10/h2-3,6,8H,4-5,7H2,1H3,(H2,14,19)(H,15,16). The van der Waals surface area contributed by atoms with Crippen LogP contribution < -0.4 is 20.5 Å². The molecule has 6 heteroatoms. The average molecular weight is 280 g/mol. The number of carbonyl (C=O) groups excluding carboxylic acids is 1. The largest absolute Gasteiger partial charge is 0.486 e. The van der Waals surface area contributed by atoms with Crippen LogP contribution in [0.2, 0.25) is 0 Å². The highest BCUT2D eigenvalue weighted by Gasteiger charge is 2.15. The van der Waals surface area contributed by atoms with Crippen molar-refractivity contribution < 1.29 is 14.3 Å². The van der Waals surface area contributed by atoms with Crippen LogP contribution in [0.15, 0.2) is 18.2 Å². The first kappa shape index (κ1) is 13.6. The molecule has 0 aromatic heterocycles. The van der Waals surface area contributed by atoms with Gasteiger partial charge >= 0.3 is 0 Å². The Bertz CT molecular complexity index is 505. The summed E-state index contributed by atoms with van der Waals surface area (Å²) in [4.78, 5) is 12.4. The molecular formula is C13H16N2O3S. The monoisotopic (exact) mass is 280 g/mol. The van der Waals surface area contributed by atoms with E-state index in [1.54, 1.807) is 18.2 Å². The van der Waals surface area contributed by atoms with Crippen LogP contribution in [0.1, 0.15) is 17.3 Å². The molecule has 0 saturated carbocycles. The second-order valence-electron chi connectivity index (χ2n) is 4.37. The van der Waals surface area contributed by atoms with Crippen LogP contribution in [0, 0.1) is 5.92 Å². The number of hydrogen-bond donors (Lipinski definition) is 2. The maximum absolute atomic E-state index is 12.0. The Hall–Kier alpha value is -1.82. The summed E-state index contributed by atoms with van der Waals surface area (Å²) in [5, 5.41) is 2.78. The van der Waals surface area contributed by atoms with E-state index in [0.717, 1.165) is 0 Å². The fraction of sp³-hybridized carbons (Fsp3) is 0.385. The summed E-state index contributed by atoms with van der Waals surface area (Å²) in [5.41, 5.74) is 6.02. The van der Waals surface area contributed by atoms with Crippen LogP contribution in [-0.2, 0) is 0 Å². The van der Waals surface area contributed by atoms with Gasteiger partial charge in [0.25, 0.3) is 5.91 Å². The number of amides is 1. The van der Waals surface area contributed by atoms with Crippen molar-refractivity contribution in [3.05, 3.63) is 23.8 Å². The molecule has 0 fully saturated rings. The number of hydrogen-bond acceptors (Lipinski definition) is 4. The summed E-state index contributed by atoms with van der Waals surface area (Å²) in [6, 6.07) is 5.12. The van der Waals surface area contributed by atoms with Crippen LogP contribution in [0.3, 0.4) is 0 Å². The fourth-order valence-electron chi connectivity index (χ4n) is 1.63. The minimum absolute atomic E-state index is 0.0313. The number of rotatable bonds is 4. The van der Waals surface area contributed by atoms with Crippen LogP contribution in [0.5, 0.6) is 11.5 Å². The molecule has 0 bridgehead atoms. The molecule has 1 amide bonds. The zero-order valence-electron chi connectivity index (χ0n) is 10.6. The molecule has 1 unspecified atom stereocenters. The zero-order chi connectivity index (χ0) is 13.8. The molecule has 2 rings (SSSR count). The summed E-state index contributed by atoms with van der Waals surface area (Å²) in [5.74, 6) is 1.05. The maximum Gasteiger partial charge on any atom is 0.251 e. The third-order valence-corrected chi connectivity index (χ3v) is 3.26. The summed E-state index contributed by atoms with van der Waals surface area (Å²) >= 11 is 4.86. The molecular weight excluding hydrogens is 264 g/mol. The van der Waals surface area contributed by atoms with Crippen LogP contribution >= 0.6 is 12.2 Å². The number of ether oxygens (including phenoxy) is 2. The quantitative estimate of drug-likeness (QED) is 0.808. The predicted molar refractivity (Wildman–Crippen MR) is 75.7 cm³/mol. The van der Waals surface area contributed by atoms with Crippen molar-refractivity contribution in [1.82, 2.24) is 5.32 Å². The fourth-order valence-corrected chi connectivity index (χ4v) is 1.72. The Morgan fingerprint density at radius 2 is 2.11 bits per heavy atom. The first-order valence-corrected chi connectivity index (χ1v) is 6.46. The minimum atomic E-state index is -0.180. The van der Waals surface area contributed by atoms with Gasteiger partial charge < -0.3 is 20.5 Å². The number of carbonyl (C=O) groups is 1. The Morgan fingerprint density at radius 3 is 2.79 bits per heavy atom. The van der Waals surface area contributed by atoms with E-state index in [-0.39, 0.29) is 11.8 Å². The van der Waals surface area contributed by atoms with Gasteiger partial charge in [-0.15, -0.1) is 0 Å². The maximum atomic E-state index is 12.0. The van der Waals surface area contributed by atoms with Crippen molar-refractivity contribution in [3.63, 3.8) is 0 Å². The number of nitrogens with two attached hydrogens (primary N) is 1. The third kappa shape index (κ3) is 3.35. The molecule has 0 spiro atoms. The summed E-state index contributed by atoms with van der Waals surface area (Å²) in [7, 11) is 0. The van der Waals surface area contributed by atoms with E-state index in [1.165, 1.54) is 0 Å². The van der Waals surface area contributed by atoms with E-state index in [0.29, 0.717) is 41.8 Å². The molecule has 0 aliphatic carbocycles. The molecule has 1 aliphatic heterocycles. The number of fused-ring (bicyclic) bond motifs is 1. The normalized spacial score (nSPS) is 14.6. The lowest BCUT2D eigenvalue weighted by atomic mass is 10.1. The van der Waals surface area contributed by atoms with Crippen molar-refractivity contribution in [1.29, 1.82) is 0 Å². The van der Waals surface area contributed by atoms with Gasteiger partial charge in [0.1, 0.15) is 13.2 Å². The number of benzene rings is 1. The molecule has 1 aliphatic rings. The lowest BCUT2D eigenvalue weighted by Gasteiger charge is -2.19. The minimum Gasteiger partial charge on any atom is -0.486 e. The number of thiocarbonyl (C=S) groups is 1. The first-order valence-electron chi connectivity index (χ1n) is 6.05. The molecule has 0 radical (unpaired) electrons. The Balaban J connectivity index is 2.01. The molecule has 5 nitrogen and oxygen atoms in total. The molecule has 3 N–H and O–H groups in total. The highest BCUT2D eigenvalue weighted by atomic mass is 32.1. The van der Waals surface area contributed by atoms with Gasteiger partial charge in [0, 0.05) is 18.0 Å². The second-order valence-corrected chi connectivity index (χ2v) is 4.84. The van der Waals surface area contributed by atoms with E-state index in [1.807, 2.05) is 6.92 Å². The zero-order valence-corrected chi connectivity index (χ0v) is 11.5. The molecule has 102 valence electrons. The van der Waals surface area contributed by atoms with Crippen LogP contribution in [0.4, 0.5) is 0 Å². The molecule has 0 saturated heterocycles. The van der Waals surface area contributed by atoms with Gasteiger partial charge in [-0.1, -0.05) is 19.1 Å². The topological polar surface area (TPSA) is 73.6 Å². The Kier molecular flexibility index (Phi) is 4.21. The molecule has 19 heavy (non-hydrogen) atoms. The Morgan fingerprint density at radius 1 is 1.42 bits per heavy atom. The van der Waals surface area contributed by atoms with Crippen molar-refractivity contribution in [2.75, 3.05) is 19.8 Å². The van der Waals surface area contributed by atoms with Crippen molar-refractivity contribution in [2.24, 2.45) is 11.7 Å². The van der Waals surface area contributed by atoms with E-state index >= 15 is 0 Å². The van der Waals surface area contributed by atoms with Gasteiger partial charge in [0.15, 0.2) is 11.5 Å². The van der Waals surface area contributed by atoms with Gasteiger partial charge in [-0.3, -0.25) is 4.79 Å². The molecule has 1 atom stereocenters. The highest BCUT2D eigenvalue weighted by Crippen LogP contribution is 2.30. The third-order valence-electron chi connectivity index (χ3n) is 2.86.